The molecule has 0 saturated carbocycles. The van der Waals surface area contributed by atoms with Crippen LogP contribution in [0.4, 0.5) is 5.69 Å². The Bertz CT molecular complexity index is 988. The molecule has 1 unspecified atom stereocenters. The lowest BCUT2D eigenvalue weighted by Gasteiger charge is -2.26. The van der Waals surface area contributed by atoms with Gasteiger partial charge in [0.2, 0.25) is 11.8 Å². The fourth-order valence-electron chi connectivity index (χ4n) is 3.35. The minimum Gasteiger partial charge on any atom is -0.340 e. The van der Waals surface area contributed by atoms with Gasteiger partial charge < -0.3 is 15.5 Å². The first kappa shape index (κ1) is 25.7. The Hall–Kier alpha value is -2.57. The predicted molar refractivity (Wildman–Crippen MR) is 129 cm³/mol. The highest BCUT2D eigenvalue weighted by atomic mass is 35.5. The summed E-state index contributed by atoms with van der Waals surface area (Å²) in [4.78, 5) is 39.7. The molecule has 6 nitrogen and oxygen atoms in total. The van der Waals surface area contributed by atoms with Crippen LogP contribution in [0.25, 0.3) is 0 Å². The number of carbonyl (C=O) groups is 3. The number of anilines is 1. The van der Waals surface area contributed by atoms with Crippen LogP contribution in [0.2, 0.25) is 10.0 Å². The van der Waals surface area contributed by atoms with Crippen molar-refractivity contribution in [3.8, 4) is 0 Å². The first-order valence-electron chi connectivity index (χ1n) is 10.4. The molecule has 3 amide bonds. The second kappa shape index (κ2) is 11.3. The number of nitrogens with one attached hydrogen (secondary N) is 2. The van der Waals surface area contributed by atoms with Crippen LogP contribution in [0.1, 0.15) is 41.8 Å². The number of nitrogens with zero attached hydrogens (tertiary/aromatic N) is 1. The normalized spacial score (nSPS) is 11.8. The van der Waals surface area contributed by atoms with Gasteiger partial charge in [0.1, 0.15) is 6.04 Å². The van der Waals surface area contributed by atoms with Crippen molar-refractivity contribution in [3.63, 3.8) is 0 Å². The number of hydrogen-bond acceptors (Lipinski definition) is 3. The molecule has 1 atom stereocenters. The number of aryl methyl sites for hydroxylation is 2. The van der Waals surface area contributed by atoms with Gasteiger partial charge in [0.15, 0.2) is 0 Å². The van der Waals surface area contributed by atoms with Crippen molar-refractivity contribution in [2.75, 3.05) is 18.9 Å². The second-order valence-corrected chi connectivity index (χ2v) is 9.13. The molecule has 0 saturated heterocycles. The number of hydrogen-bond donors (Lipinski definition) is 2. The van der Waals surface area contributed by atoms with E-state index in [-0.39, 0.29) is 34.9 Å². The Morgan fingerprint density at radius 3 is 2.22 bits per heavy atom. The Morgan fingerprint density at radius 1 is 1.03 bits per heavy atom. The van der Waals surface area contributed by atoms with Gasteiger partial charge in [-0.15, -0.1) is 0 Å². The number of halogens is 2. The molecule has 0 aliphatic carbocycles. The first-order chi connectivity index (χ1) is 15.0. The summed E-state index contributed by atoms with van der Waals surface area (Å²) in [6.45, 7) is 7.59. The van der Waals surface area contributed by atoms with E-state index in [0.717, 1.165) is 16.8 Å². The Labute approximate surface area is 199 Å². The highest BCUT2D eigenvalue weighted by Crippen LogP contribution is 2.22. The highest BCUT2D eigenvalue weighted by Gasteiger charge is 2.27. The van der Waals surface area contributed by atoms with E-state index in [4.69, 9.17) is 23.2 Å². The predicted octanol–water partition coefficient (Wildman–Crippen LogP) is 4.85. The summed E-state index contributed by atoms with van der Waals surface area (Å²) in [6.07, 6.45) is 0.415. The van der Waals surface area contributed by atoms with E-state index >= 15 is 0 Å². The summed E-state index contributed by atoms with van der Waals surface area (Å²) in [5, 5.41) is 6.24. The maximum absolute atomic E-state index is 13.1. The number of likely N-dealkylation sites (N-methyl/N-ethyl adjacent to an activating group) is 1. The van der Waals surface area contributed by atoms with Gasteiger partial charge in [-0.2, -0.15) is 0 Å². The highest BCUT2D eigenvalue weighted by molar-refractivity contribution is 6.36. The van der Waals surface area contributed by atoms with E-state index < -0.39 is 11.9 Å². The van der Waals surface area contributed by atoms with Gasteiger partial charge in [-0.05, 0) is 55.5 Å². The van der Waals surface area contributed by atoms with Crippen molar-refractivity contribution >= 4 is 46.6 Å². The molecule has 0 fully saturated rings. The van der Waals surface area contributed by atoms with E-state index in [1.165, 1.54) is 17.0 Å². The molecule has 0 aliphatic rings. The van der Waals surface area contributed by atoms with Crippen LogP contribution >= 0.6 is 23.2 Å². The lowest BCUT2D eigenvalue weighted by molar-refractivity contribution is -0.135. The zero-order valence-electron chi connectivity index (χ0n) is 19.0. The van der Waals surface area contributed by atoms with E-state index in [0.29, 0.717) is 11.4 Å². The van der Waals surface area contributed by atoms with Gasteiger partial charge in [-0.25, -0.2) is 0 Å². The molecule has 172 valence electrons. The lowest BCUT2D eigenvalue weighted by atomic mass is 10.0. The smallest absolute Gasteiger partial charge is 0.253 e. The molecule has 32 heavy (non-hydrogen) atoms. The maximum Gasteiger partial charge on any atom is 0.253 e. The van der Waals surface area contributed by atoms with Crippen LogP contribution < -0.4 is 10.6 Å². The quantitative estimate of drug-likeness (QED) is 0.569. The van der Waals surface area contributed by atoms with Crippen molar-refractivity contribution in [2.24, 2.45) is 5.92 Å². The average Bonchev–Trinajstić information content (AvgIpc) is 2.69. The molecule has 0 radical (unpaired) electrons. The third kappa shape index (κ3) is 6.97. The minimum atomic E-state index is -0.799. The van der Waals surface area contributed by atoms with Gasteiger partial charge in [0.25, 0.3) is 5.91 Å². The van der Waals surface area contributed by atoms with Crippen molar-refractivity contribution in [1.82, 2.24) is 10.2 Å². The number of benzene rings is 2. The molecule has 8 heteroatoms. The van der Waals surface area contributed by atoms with Crippen molar-refractivity contribution in [2.45, 2.75) is 40.2 Å². The van der Waals surface area contributed by atoms with Gasteiger partial charge in [0.05, 0.1) is 17.1 Å². The molecule has 0 aromatic heterocycles. The number of amides is 3. The van der Waals surface area contributed by atoms with E-state index in [9.17, 15) is 14.4 Å². The van der Waals surface area contributed by atoms with Gasteiger partial charge in [-0.3, -0.25) is 14.4 Å². The van der Waals surface area contributed by atoms with Crippen LogP contribution in [0.15, 0.2) is 36.4 Å². The SMILES string of the molecule is Cc1cccc(C)c1NC(=O)CN(C)C(=O)C(CC(C)C)NC(=O)c1ccc(Cl)cc1Cl. The van der Waals surface area contributed by atoms with Crippen LogP contribution in [-0.2, 0) is 9.59 Å². The van der Waals surface area contributed by atoms with Gasteiger partial charge in [-0.1, -0.05) is 55.2 Å². The van der Waals surface area contributed by atoms with Crippen LogP contribution in [0.5, 0.6) is 0 Å². The fraction of sp³-hybridized carbons (Fsp3) is 0.375. The van der Waals surface area contributed by atoms with Gasteiger partial charge >= 0.3 is 0 Å². The van der Waals surface area contributed by atoms with Crippen molar-refractivity contribution in [1.29, 1.82) is 0 Å². The lowest BCUT2D eigenvalue weighted by Crippen LogP contribution is -2.49. The molecule has 0 heterocycles. The van der Waals surface area contributed by atoms with E-state index in [1.54, 1.807) is 13.1 Å². The molecular weight excluding hydrogens is 449 g/mol. The van der Waals surface area contributed by atoms with Crippen LogP contribution in [0, 0.1) is 19.8 Å². The van der Waals surface area contributed by atoms with Crippen molar-refractivity contribution in [3.05, 3.63) is 63.1 Å². The van der Waals surface area contributed by atoms with E-state index in [1.807, 2.05) is 45.9 Å². The molecule has 0 aliphatic heterocycles. The maximum atomic E-state index is 13.1. The van der Waals surface area contributed by atoms with Gasteiger partial charge in [0, 0.05) is 17.8 Å². The third-order valence-corrected chi connectivity index (χ3v) is 5.54. The Kier molecular flexibility index (Phi) is 9.10. The Morgan fingerprint density at radius 2 is 1.66 bits per heavy atom. The van der Waals surface area contributed by atoms with Crippen molar-refractivity contribution < 1.29 is 14.4 Å². The summed E-state index contributed by atoms with van der Waals surface area (Å²) in [5.41, 5.74) is 2.85. The van der Waals surface area contributed by atoms with Crippen LogP contribution in [0.3, 0.4) is 0 Å². The number of carbonyl (C=O) groups excluding carboxylic acids is 3. The van der Waals surface area contributed by atoms with Crippen LogP contribution in [-0.4, -0.2) is 42.3 Å². The topological polar surface area (TPSA) is 78.5 Å². The molecule has 2 N–H and O–H groups in total. The largest absolute Gasteiger partial charge is 0.340 e. The first-order valence-corrected chi connectivity index (χ1v) is 11.1. The van der Waals surface area contributed by atoms with E-state index in [2.05, 4.69) is 10.6 Å². The minimum absolute atomic E-state index is 0.140. The molecule has 0 bridgehead atoms. The average molecular weight is 478 g/mol. The standard InChI is InChI=1S/C24H29Cl2N3O3/c1-14(2)11-20(27-23(31)18-10-9-17(25)12-19(18)26)24(32)29(5)13-21(30)28-22-15(3)7-6-8-16(22)4/h6-10,12,14,20H,11,13H2,1-5H3,(H,27,31)(H,28,30). The summed E-state index contributed by atoms with van der Waals surface area (Å²) in [6, 6.07) is 9.49. The third-order valence-electron chi connectivity index (χ3n) is 4.99. The monoisotopic (exact) mass is 477 g/mol. The summed E-state index contributed by atoms with van der Waals surface area (Å²) in [7, 11) is 1.54. The zero-order valence-corrected chi connectivity index (χ0v) is 20.5. The fourth-order valence-corrected chi connectivity index (χ4v) is 3.85. The Balaban J connectivity index is 2.10. The number of rotatable bonds is 8. The molecule has 2 rings (SSSR count). The summed E-state index contributed by atoms with van der Waals surface area (Å²) >= 11 is 12.0. The molecule has 0 spiro atoms. The molecule has 2 aromatic rings. The summed E-state index contributed by atoms with van der Waals surface area (Å²) in [5.74, 6) is -0.997. The zero-order chi connectivity index (χ0) is 24.0. The number of para-hydroxylation sites is 1. The molecule has 2 aromatic carbocycles. The molecular formula is C24H29Cl2N3O3. The summed E-state index contributed by atoms with van der Waals surface area (Å²) < 4.78 is 0. The second-order valence-electron chi connectivity index (χ2n) is 8.29.